The molecule has 0 aliphatic carbocycles. The normalized spacial score (nSPS) is 11.2. The fraction of sp³-hybridized carbons (Fsp3) is 0.200. The van der Waals surface area contributed by atoms with Crippen molar-refractivity contribution < 1.29 is 32.5 Å². The first-order valence-corrected chi connectivity index (χ1v) is 9.28. The number of aliphatic carboxylic acids is 1. The van der Waals surface area contributed by atoms with Crippen LogP contribution < -0.4 is 9.47 Å². The SMILES string of the molecule is Cc1c(Cc2ccc(Cl)cc2Cl)c(OC(F)F)nc2c(F)ccc(OCC(=O)O)c12. The van der Waals surface area contributed by atoms with Crippen molar-refractivity contribution in [2.45, 2.75) is 20.0 Å². The maximum Gasteiger partial charge on any atom is 0.388 e. The van der Waals surface area contributed by atoms with Gasteiger partial charge in [0.2, 0.25) is 5.88 Å². The van der Waals surface area contributed by atoms with Gasteiger partial charge in [-0.05, 0) is 42.3 Å². The monoisotopic (exact) mass is 459 g/mol. The molecule has 0 spiro atoms. The molecule has 3 rings (SSSR count). The first-order valence-electron chi connectivity index (χ1n) is 8.52. The molecule has 30 heavy (non-hydrogen) atoms. The van der Waals surface area contributed by atoms with E-state index in [2.05, 4.69) is 9.72 Å². The number of nitrogens with zero attached hydrogens (tertiary/aromatic N) is 1. The number of fused-ring (bicyclic) bond motifs is 1. The number of carboxylic acid groups (broad SMARTS) is 1. The van der Waals surface area contributed by atoms with Crippen molar-refractivity contribution in [3.63, 3.8) is 0 Å². The van der Waals surface area contributed by atoms with Crippen LogP contribution in [0.4, 0.5) is 13.2 Å². The number of ether oxygens (including phenoxy) is 2. The second kappa shape index (κ2) is 8.97. The number of aryl methyl sites for hydroxylation is 1. The van der Waals surface area contributed by atoms with Crippen LogP contribution in [0.3, 0.4) is 0 Å². The Morgan fingerprint density at radius 2 is 1.97 bits per heavy atom. The Bertz CT molecular complexity index is 1130. The Morgan fingerprint density at radius 3 is 2.60 bits per heavy atom. The van der Waals surface area contributed by atoms with Crippen molar-refractivity contribution in [1.29, 1.82) is 0 Å². The summed E-state index contributed by atoms with van der Waals surface area (Å²) in [6, 6.07) is 6.96. The number of carbonyl (C=O) groups is 1. The lowest BCUT2D eigenvalue weighted by Crippen LogP contribution is -2.12. The number of halogens is 5. The van der Waals surface area contributed by atoms with Crippen LogP contribution in [0, 0.1) is 12.7 Å². The summed E-state index contributed by atoms with van der Waals surface area (Å²) in [7, 11) is 0. The fourth-order valence-corrected chi connectivity index (χ4v) is 3.48. The maximum absolute atomic E-state index is 14.4. The number of benzene rings is 2. The smallest absolute Gasteiger partial charge is 0.388 e. The van der Waals surface area contributed by atoms with E-state index >= 15 is 0 Å². The van der Waals surface area contributed by atoms with Crippen molar-refractivity contribution in [3.05, 3.63) is 62.9 Å². The molecule has 0 aliphatic heterocycles. The van der Waals surface area contributed by atoms with Gasteiger partial charge in [0, 0.05) is 27.4 Å². The van der Waals surface area contributed by atoms with Crippen LogP contribution in [0.5, 0.6) is 11.6 Å². The van der Waals surface area contributed by atoms with Gasteiger partial charge in [0.05, 0.1) is 0 Å². The van der Waals surface area contributed by atoms with Gasteiger partial charge in [0.25, 0.3) is 0 Å². The number of carboxylic acids is 1. The highest BCUT2D eigenvalue weighted by atomic mass is 35.5. The molecule has 158 valence electrons. The molecule has 5 nitrogen and oxygen atoms in total. The van der Waals surface area contributed by atoms with E-state index in [1.807, 2.05) is 0 Å². The summed E-state index contributed by atoms with van der Waals surface area (Å²) in [6.07, 6.45) is 0.0295. The summed E-state index contributed by atoms with van der Waals surface area (Å²) < 4.78 is 50.2. The van der Waals surface area contributed by atoms with Crippen LogP contribution in [0.25, 0.3) is 10.9 Å². The van der Waals surface area contributed by atoms with E-state index in [0.29, 0.717) is 21.2 Å². The summed E-state index contributed by atoms with van der Waals surface area (Å²) in [4.78, 5) is 14.8. The molecule has 0 unspecified atom stereocenters. The van der Waals surface area contributed by atoms with E-state index in [-0.39, 0.29) is 28.6 Å². The molecule has 0 aliphatic rings. The molecule has 0 saturated carbocycles. The predicted octanol–water partition coefficient (Wildman–Crippen LogP) is 5.64. The van der Waals surface area contributed by atoms with Gasteiger partial charge in [-0.15, -0.1) is 0 Å². The van der Waals surface area contributed by atoms with Crippen LogP contribution >= 0.6 is 23.2 Å². The zero-order valence-electron chi connectivity index (χ0n) is 15.4. The molecule has 1 heterocycles. The highest BCUT2D eigenvalue weighted by molar-refractivity contribution is 6.35. The third-order valence-corrected chi connectivity index (χ3v) is 4.91. The molecule has 2 aromatic carbocycles. The van der Waals surface area contributed by atoms with Gasteiger partial charge in [-0.2, -0.15) is 8.78 Å². The summed E-state index contributed by atoms with van der Waals surface area (Å²) in [5.74, 6) is -2.45. The van der Waals surface area contributed by atoms with Crippen LogP contribution in [0.15, 0.2) is 30.3 Å². The van der Waals surface area contributed by atoms with Crippen molar-refractivity contribution in [2.24, 2.45) is 0 Å². The molecule has 1 aromatic heterocycles. The highest BCUT2D eigenvalue weighted by Crippen LogP contribution is 2.37. The molecular formula is C20H14Cl2F3NO4. The van der Waals surface area contributed by atoms with Crippen LogP contribution in [0.2, 0.25) is 10.0 Å². The second-order valence-electron chi connectivity index (χ2n) is 6.26. The van der Waals surface area contributed by atoms with Gasteiger partial charge < -0.3 is 14.6 Å². The van der Waals surface area contributed by atoms with E-state index in [0.717, 1.165) is 6.07 Å². The van der Waals surface area contributed by atoms with Gasteiger partial charge in [-0.1, -0.05) is 29.3 Å². The van der Waals surface area contributed by atoms with Crippen LogP contribution in [0.1, 0.15) is 16.7 Å². The van der Waals surface area contributed by atoms with Gasteiger partial charge in [0.1, 0.15) is 17.1 Å². The van der Waals surface area contributed by atoms with Gasteiger partial charge >= 0.3 is 12.6 Å². The number of aromatic nitrogens is 1. The molecule has 0 radical (unpaired) electrons. The Balaban J connectivity index is 2.22. The average molecular weight is 460 g/mol. The largest absolute Gasteiger partial charge is 0.481 e. The lowest BCUT2D eigenvalue weighted by molar-refractivity contribution is -0.139. The summed E-state index contributed by atoms with van der Waals surface area (Å²) >= 11 is 12.1. The number of rotatable bonds is 7. The Kier molecular flexibility index (Phi) is 6.58. The zero-order valence-corrected chi connectivity index (χ0v) is 16.9. The first kappa shape index (κ1) is 22.0. The third kappa shape index (κ3) is 4.71. The molecule has 1 N–H and O–H groups in total. The van der Waals surface area contributed by atoms with Crippen molar-refractivity contribution in [2.75, 3.05) is 6.61 Å². The van der Waals surface area contributed by atoms with Crippen molar-refractivity contribution in [3.8, 4) is 11.6 Å². The summed E-state index contributed by atoms with van der Waals surface area (Å²) in [5, 5.41) is 9.72. The summed E-state index contributed by atoms with van der Waals surface area (Å²) in [5.41, 5.74) is 0.824. The van der Waals surface area contributed by atoms with Crippen molar-refractivity contribution in [1.82, 2.24) is 4.98 Å². The number of hydrogen-bond acceptors (Lipinski definition) is 4. The Labute approximate surface area is 179 Å². The highest BCUT2D eigenvalue weighted by Gasteiger charge is 2.22. The van der Waals surface area contributed by atoms with E-state index in [1.54, 1.807) is 19.1 Å². The third-order valence-electron chi connectivity index (χ3n) is 4.32. The topological polar surface area (TPSA) is 68.7 Å². The standard InChI is InChI=1S/C20H14Cl2F3NO4/c1-9-12(6-10-2-3-11(21)7-13(10)22)19(30-20(24)25)26-18-14(23)4-5-15(17(9)18)29-8-16(27)28/h2-5,7,20H,6,8H2,1H3,(H,27,28). The van der Waals surface area contributed by atoms with Gasteiger partial charge in [0.15, 0.2) is 6.61 Å². The maximum atomic E-state index is 14.4. The van der Waals surface area contributed by atoms with E-state index in [4.69, 9.17) is 33.0 Å². The minimum Gasteiger partial charge on any atom is -0.481 e. The van der Waals surface area contributed by atoms with E-state index < -0.39 is 30.9 Å². The molecule has 0 saturated heterocycles. The van der Waals surface area contributed by atoms with E-state index in [9.17, 15) is 18.0 Å². The molecule has 3 aromatic rings. The van der Waals surface area contributed by atoms with Crippen molar-refractivity contribution >= 4 is 40.1 Å². The second-order valence-corrected chi connectivity index (χ2v) is 7.11. The summed E-state index contributed by atoms with van der Waals surface area (Å²) in [6.45, 7) is -2.31. The Hall–Kier alpha value is -2.71. The molecular weight excluding hydrogens is 446 g/mol. The van der Waals surface area contributed by atoms with Gasteiger partial charge in [-0.25, -0.2) is 14.2 Å². The number of hydrogen-bond donors (Lipinski definition) is 1. The van der Waals surface area contributed by atoms with Crippen LogP contribution in [-0.2, 0) is 11.2 Å². The zero-order chi connectivity index (χ0) is 22.0. The quantitative estimate of drug-likeness (QED) is 0.494. The molecule has 0 amide bonds. The average Bonchev–Trinajstić information content (AvgIpc) is 2.65. The lowest BCUT2D eigenvalue weighted by atomic mass is 9.97. The molecule has 10 heteroatoms. The Morgan fingerprint density at radius 1 is 1.23 bits per heavy atom. The van der Waals surface area contributed by atoms with E-state index in [1.165, 1.54) is 12.1 Å². The lowest BCUT2D eigenvalue weighted by Gasteiger charge is -2.18. The minimum atomic E-state index is -3.19. The van der Waals surface area contributed by atoms with Gasteiger partial charge in [-0.3, -0.25) is 0 Å². The molecule has 0 fully saturated rings. The predicted molar refractivity (Wildman–Crippen MR) is 105 cm³/mol. The first-order chi connectivity index (χ1) is 14.2. The number of alkyl halides is 2. The molecule has 0 atom stereocenters. The number of pyridine rings is 1. The minimum absolute atomic E-state index is 0.0295. The molecule has 0 bridgehead atoms. The fourth-order valence-electron chi connectivity index (χ4n) is 3.00. The van der Waals surface area contributed by atoms with Crippen LogP contribution in [-0.4, -0.2) is 29.3 Å².